The summed E-state index contributed by atoms with van der Waals surface area (Å²) >= 11 is 1.39. The summed E-state index contributed by atoms with van der Waals surface area (Å²) in [4.78, 5) is 35.5. The maximum absolute atomic E-state index is 13.2. The molecular weight excluding hydrogens is 451 g/mol. The maximum atomic E-state index is 13.2. The zero-order valence-electron chi connectivity index (χ0n) is 18.8. The first-order valence-electron chi connectivity index (χ1n) is 11.4. The number of anilines is 1. The van der Waals surface area contributed by atoms with E-state index in [1.54, 1.807) is 12.1 Å². The van der Waals surface area contributed by atoms with Crippen LogP contribution in [0.2, 0.25) is 0 Å². The highest BCUT2D eigenvalue weighted by Crippen LogP contribution is 2.32. The van der Waals surface area contributed by atoms with E-state index in [2.05, 4.69) is 10.3 Å². The lowest BCUT2D eigenvalue weighted by Gasteiger charge is -2.33. The fourth-order valence-corrected chi connectivity index (χ4v) is 5.35. The molecule has 8 heteroatoms. The Kier molecular flexibility index (Phi) is 6.15. The van der Waals surface area contributed by atoms with Crippen LogP contribution in [-0.4, -0.2) is 29.0 Å². The van der Waals surface area contributed by atoms with Gasteiger partial charge in [0.25, 0.3) is 5.56 Å². The molecule has 0 saturated carbocycles. The number of carbonyl (C=O) groups is 1. The molecule has 3 heterocycles. The van der Waals surface area contributed by atoms with Gasteiger partial charge >= 0.3 is 0 Å². The van der Waals surface area contributed by atoms with E-state index in [-0.39, 0.29) is 29.2 Å². The molecule has 4 aromatic rings. The number of piperidine rings is 1. The lowest BCUT2D eigenvalue weighted by Crippen LogP contribution is -2.44. The quantitative estimate of drug-likeness (QED) is 0.430. The van der Waals surface area contributed by atoms with E-state index < -0.39 is 0 Å². The molecule has 1 aliphatic rings. The number of H-pyrrole nitrogens is 1. The van der Waals surface area contributed by atoms with E-state index in [1.165, 1.54) is 23.5 Å². The average Bonchev–Trinajstić information content (AvgIpc) is 3.30. The molecule has 2 aromatic heterocycles. The number of nitrogens with zero attached hydrogens (tertiary/aromatic N) is 2. The molecule has 1 saturated heterocycles. The Balaban J connectivity index is 1.36. The van der Waals surface area contributed by atoms with Gasteiger partial charge in [-0.05, 0) is 43.0 Å². The highest BCUT2D eigenvalue weighted by molar-refractivity contribution is 7.17. The Hall–Kier alpha value is -3.52. The molecule has 174 valence electrons. The van der Waals surface area contributed by atoms with Crippen LogP contribution in [0.4, 0.5) is 10.3 Å². The summed E-state index contributed by atoms with van der Waals surface area (Å²) < 4.78 is 13.8. The molecule has 1 amide bonds. The second-order valence-corrected chi connectivity index (χ2v) is 9.53. The molecule has 2 atom stereocenters. The summed E-state index contributed by atoms with van der Waals surface area (Å²) in [5.74, 6) is -0.0824. The van der Waals surface area contributed by atoms with Crippen molar-refractivity contribution >= 4 is 33.4 Å². The minimum Gasteiger partial charge on any atom is -0.349 e. The van der Waals surface area contributed by atoms with E-state index >= 15 is 0 Å². The zero-order chi connectivity index (χ0) is 23.7. The Labute approximate surface area is 200 Å². The van der Waals surface area contributed by atoms with Crippen LogP contribution in [0.15, 0.2) is 64.8 Å². The molecule has 2 unspecified atom stereocenters. The summed E-state index contributed by atoms with van der Waals surface area (Å²) in [7, 11) is 0. The van der Waals surface area contributed by atoms with E-state index in [0.29, 0.717) is 22.7 Å². The molecule has 0 aliphatic carbocycles. The second kappa shape index (κ2) is 9.38. The third-order valence-corrected chi connectivity index (χ3v) is 7.29. The largest absolute Gasteiger partial charge is 0.349 e. The van der Waals surface area contributed by atoms with Gasteiger partial charge in [0.05, 0.1) is 17.5 Å². The lowest BCUT2D eigenvalue weighted by molar-refractivity contribution is -0.125. The molecule has 6 nitrogen and oxygen atoms in total. The van der Waals surface area contributed by atoms with Crippen LogP contribution in [0.25, 0.3) is 21.3 Å². The van der Waals surface area contributed by atoms with Crippen molar-refractivity contribution in [3.8, 4) is 11.1 Å². The summed E-state index contributed by atoms with van der Waals surface area (Å²) in [5, 5.41) is 5.01. The van der Waals surface area contributed by atoms with Crippen LogP contribution in [0.3, 0.4) is 0 Å². The van der Waals surface area contributed by atoms with Crippen LogP contribution >= 0.6 is 11.3 Å². The number of amides is 1. The Morgan fingerprint density at radius 2 is 1.97 bits per heavy atom. The molecule has 1 aliphatic heterocycles. The number of hydrogen-bond donors (Lipinski definition) is 2. The number of aromatic amines is 1. The first kappa shape index (κ1) is 22.3. The molecule has 0 bridgehead atoms. The van der Waals surface area contributed by atoms with Crippen molar-refractivity contribution in [2.75, 3.05) is 18.0 Å². The van der Waals surface area contributed by atoms with E-state index in [1.807, 2.05) is 47.5 Å². The Bertz CT molecular complexity index is 1370. The van der Waals surface area contributed by atoms with Crippen molar-refractivity contribution in [1.82, 2.24) is 15.3 Å². The van der Waals surface area contributed by atoms with E-state index in [0.717, 1.165) is 36.1 Å². The van der Waals surface area contributed by atoms with Crippen LogP contribution in [-0.2, 0) is 4.79 Å². The first-order chi connectivity index (χ1) is 16.5. The van der Waals surface area contributed by atoms with Gasteiger partial charge in [0.15, 0.2) is 0 Å². The number of benzene rings is 2. The van der Waals surface area contributed by atoms with E-state index in [4.69, 9.17) is 4.98 Å². The van der Waals surface area contributed by atoms with Crippen molar-refractivity contribution in [1.29, 1.82) is 0 Å². The summed E-state index contributed by atoms with van der Waals surface area (Å²) in [6, 6.07) is 15.8. The number of hydrogen-bond acceptors (Lipinski definition) is 5. The van der Waals surface area contributed by atoms with Crippen LogP contribution in [0.1, 0.15) is 31.4 Å². The number of halogens is 1. The number of rotatable bonds is 5. The normalized spacial score (nSPS) is 17.0. The fraction of sp³-hybridized carbons (Fsp3) is 0.269. The number of carbonyl (C=O) groups excluding carboxylic acids is 1. The van der Waals surface area contributed by atoms with Crippen LogP contribution < -0.4 is 15.8 Å². The van der Waals surface area contributed by atoms with Gasteiger partial charge in [-0.3, -0.25) is 14.6 Å². The van der Waals surface area contributed by atoms with Gasteiger partial charge in [0, 0.05) is 24.0 Å². The first-order valence-corrected chi connectivity index (χ1v) is 12.3. The van der Waals surface area contributed by atoms with Crippen molar-refractivity contribution < 1.29 is 9.18 Å². The zero-order valence-corrected chi connectivity index (χ0v) is 19.6. The molecule has 34 heavy (non-hydrogen) atoms. The SMILES string of the molecule is CC(NC(=O)C1CCCN(c2nc3c(-c4ccccc4)csc3c(=O)[nH]2)C1)c1ccc(F)cc1. The third-order valence-electron chi connectivity index (χ3n) is 6.32. The molecule has 2 N–H and O–H groups in total. The standard InChI is InChI=1S/C26H25FN4O2S/c1-16(17-9-11-20(27)12-10-17)28-24(32)19-8-5-13-31(14-19)26-29-22-21(18-6-3-2-4-7-18)15-34-23(22)25(33)30-26/h2-4,6-7,9-12,15-16,19H,5,8,13-14H2,1H3,(H,28,32)(H,29,30,33). The molecule has 0 spiro atoms. The van der Waals surface area contributed by atoms with Gasteiger partial charge in [-0.25, -0.2) is 9.37 Å². The molecular formula is C26H25FN4O2S. The number of nitrogens with one attached hydrogen (secondary N) is 2. The van der Waals surface area contributed by atoms with Gasteiger partial charge in [-0.15, -0.1) is 11.3 Å². The predicted octanol–water partition coefficient (Wildman–Crippen LogP) is 4.88. The molecule has 0 radical (unpaired) electrons. The van der Waals surface area contributed by atoms with Gasteiger partial charge in [0.1, 0.15) is 10.5 Å². The second-order valence-electron chi connectivity index (χ2n) is 8.65. The van der Waals surface area contributed by atoms with Crippen molar-refractivity contribution in [2.24, 2.45) is 5.92 Å². The van der Waals surface area contributed by atoms with Crippen LogP contribution in [0, 0.1) is 11.7 Å². The number of aromatic nitrogens is 2. The van der Waals surface area contributed by atoms with Crippen molar-refractivity contribution in [2.45, 2.75) is 25.8 Å². The highest BCUT2D eigenvalue weighted by Gasteiger charge is 2.28. The van der Waals surface area contributed by atoms with Crippen LogP contribution in [0.5, 0.6) is 0 Å². The topological polar surface area (TPSA) is 78.1 Å². The summed E-state index contributed by atoms with van der Waals surface area (Å²) in [6.07, 6.45) is 1.58. The Morgan fingerprint density at radius 3 is 2.74 bits per heavy atom. The average molecular weight is 477 g/mol. The maximum Gasteiger partial charge on any atom is 0.270 e. The molecule has 2 aromatic carbocycles. The highest BCUT2D eigenvalue weighted by atomic mass is 32.1. The molecule has 1 fully saturated rings. The van der Waals surface area contributed by atoms with E-state index in [9.17, 15) is 14.0 Å². The van der Waals surface area contributed by atoms with Gasteiger partial charge < -0.3 is 10.2 Å². The minimum atomic E-state index is -0.301. The predicted molar refractivity (Wildman–Crippen MR) is 134 cm³/mol. The van der Waals surface area contributed by atoms with Gasteiger partial charge in [0.2, 0.25) is 11.9 Å². The Morgan fingerprint density at radius 1 is 1.21 bits per heavy atom. The monoisotopic (exact) mass is 476 g/mol. The van der Waals surface area contributed by atoms with Crippen molar-refractivity contribution in [3.63, 3.8) is 0 Å². The van der Waals surface area contributed by atoms with Gasteiger partial charge in [-0.1, -0.05) is 42.5 Å². The number of fused-ring (bicyclic) bond motifs is 1. The summed E-state index contributed by atoms with van der Waals surface area (Å²) in [6.45, 7) is 3.08. The summed E-state index contributed by atoms with van der Waals surface area (Å²) in [5.41, 5.74) is 3.33. The number of thiophene rings is 1. The fourth-order valence-electron chi connectivity index (χ4n) is 4.44. The van der Waals surface area contributed by atoms with Gasteiger partial charge in [-0.2, -0.15) is 0 Å². The smallest absolute Gasteiger partial charge is 0.270 e. The third kappa shape index (κ3) is 4.46. The van der Waals surface area contributed by atoms with Crippen molar-refractivity contribution in [3.05, 3.63) is 81.7 Å². The lowest BCUT2D eigenvalue weighted by atomic mass is 9.96. The minimum absolute atomic E-state index is 0.0505. The molecule has 5 rings (SSSR count).